The van der Waals surface area contributed by atoms with Crippen LogP contribution in [0.3, 0.4) is 0 Å². The summed E-state index contributed by atoms with van der Waals surface area (Å²) in [5, 5.41) is 10.8. The molecule has 0 aromatic rings. The normalized spacial score (nSPS) is 9.07. The van der Waals surface area contributed by atoms with Crippen LogP contribution in [-0.4, -0.2) is 47.5 Å². The van der Waals surface area contributed by atoms with E-state index in [1.54, 1.807) is 0 Å². The first kappa shape index (κ1) is 12.9. The lowest BCUT2D eigenvalue weighted by atomic mass is 10.4. The summed E-state index contributed by atoms with van der Waals surface area (Å²) in [4.78, 5) is 33.0. The number of primary amides is 1. The second-order valence-electron chi connectivity index (χ2n) is 2.69. The number of amides is 3. The number of hydrogen-bond donors (Lipinski definition) is 3. The lowest BCUT2D eigenvalue weighted by Crippen LogP contribution is -2.46. The molecule has 0 bridgehead atoms. The maximum Gasteiger partial charge on any atom is 0.323 e. The highest BCUT2D eigenvalue weighted by Crippen LogP contribution is 1.89. The molecule has 0 atom stereocenters. The van der Waals surface area contributed by atoms with Crippen molar-refractivity contribution in [2.75, 3.05) is 19.6 Å². The van der Waals surface area contributed by atoms with Crippen molar-refractivity contribution in [2.45, 2.75) is 0 Å². The Kier molecular flexibility index (Phi) is 5.53. The molecule has 0 aliphatic rings. The van der Waals surface area contributed by atoms with Gasteiger partial charge in [0.15, 0.2) is 0 Å². The molecule has 0 radical (unpaired) electrons. The number of carboxylic acids is 1. The van der Waals surface area contributed by atoms with E-state index in [0.717, 1.165) is 4.90 Å². The van der Waals surface area contributed by atoms with E-state index >= 15 is 0 Å². The summed E-state index contributed by atoms with van der Waals surface area (Å²) >= 11 is 0. The highest BCUT2D eigenvalue weighted by atomic mass is 16.4. The van der Waals surface area contributed by atoms with Crippen LogP contribution in [0.15, 0.2) is 12.7 Å². The predicted molar refractivity (Wildman–Crippen MR) is 52.0 cm³/mol. The molecule has 0 saturated heterocycles. The molecule has 0 heterocycles. The Morgan fingerprint density at radius 1 is 1.40 bits per heavy atom. The number of rotatable bonds is 6. The van der Waals surface area contributed by atoms with Gasteiger partial charge < -0.3 is 21.1 Å². The molecule has 84 valence electrons. The standard InChI is InChI=1S/C8H13N3O4/c1-2-3-10-8(15)11(4-6(9)12)5-7(13)14/h2H,1,3-5H2,(H2,9,12)(H,10,15)(H,13,14). The number of nitrogens with one attached hydrogen (secondary N) is 1. The van der Waals surface area contributed by atoms with Crippen LogP contribution in [0.5, 0.6) is 0 Å². The maximum atomic E-state index is 11.3. The Labute approximate surface area is 86.5 Å². The number of carbonyl (C=O) groups excluding carboxylic acids is 2. The Morgan fingerprint density at radius 3 is 2.40 bits per heavy atom. The van der Waals surface area contributed by atoms with Crippen molar-refractivity contribution in [2.24, 2.45) is 5.73 Å². The van der Waals surface area contributed by atoms with Gasteiger partial charge in [-0.15, -0.1) is 6.58 Å². The van der Waals surface area contributed by atoms with Crippen LogP contribution in [0.4, 0.5) is 4.79 Å². The number of aliphatic carboxylic acids is 1. The second kappa shape index (κ2) is 6.41. The summed E-state index contributed by atoms with van der Waals surface area (Å²) in [5.74, 6) is -1.99. The number of carbonyl (C=O) groups is 3. The Hall–Kier alpha value is -2.05. The zero-order chi connectivity index (χ0) is 11.8. The zero-order valence-electron chi connectivity index (χ0n) is 8.10. The van der Waals surface area contributed by atoms with Crippen LogP contribution in [-0.2, 0) is 9.59 Å². The molecule has 0 aliphatic carbocycles. The minimum atomic E-state index is -1.22. The first-order valence-corrected chi connectivity index (χ1v) is 4.11. The fraction of sp³-hybridized carbons (Fsp3) is 0.375. The molecule has 15 heavy (non-hydrogen) atoms. The average Bonchev–Trinajstić information content (AvgIpc) is 2.11. The van der Waals surface area contributed by atoms with Gasteiger partial charge in [0.25, 0.3) is 0 Å². The van der Waals surface area contributed by atoms with Gasteiger partial charge in [-0.2, -0.15) is 0 Å². The van der Waals surface area contributed by atoms with E-state index in [-0.39, 0.29) is 6.54 Å². The number of nitrogens with two attached hydrogens (primary N) is 1. The van der Waals surface area contributed by atoms with Crippen molar-refractivity contribution in [3.63, 3.8) is 0 Å². The quantitative estimate of drug-likeness (QED) is 0.480. The topological polar surface area (TPSA) is 113 Å². The molecule has 0 unspecified atom stereocenters. The van der Waals surface area contributed by atoms with Crippen LogP contribution in [0.25, 0.3) is 0 Å². The highest BCUT2D eigenvalue weighted by Gasteiger charge is 2.17. The predicted octanol–water partition coefficient (Wildman–Crippen LogP) is -1.25. The third-order valence-corrected chi connectivity index (χ3v) is 1.36. The van der Waals surface area contributed by atoms with E-state index < -0.39 is 31.0 Å². The van der Waals surface area contributed by atoms with E-state index in [9.17, 15) is 14.4 Å². The molecule has 0 rings (SSSR count). The molecule has 7 nitrogen and oxygen atoms in total. The lowest BCUT2D eigenvalue weighted by Gasteiger charge is -2.18. The first-order valence-electron chi connectivity index (χ1n) is 4.11. The highest BCUT2D eigenvalue weighted by molar-refractivity contribution is 5.85. The molecule has 4 N–H and O–H groups in total. The molecule has 0 aliphatic heterocycles. The van der Waals surface area contributed by atoms with Crippen molar-refractivity contribution in [1.82, 2.24) is 10.2 Å². The van der Waals surface area contributed by atoms with Gasteiger partial charge in [0.1, 0.15) is 13.1 Å². The summed E-state index contributed by atoms with van der Waals surface area (Å²) in [6.45, 7) is 2.55. The van der Waals surface area contributed by atoms with Gasteiger partial charge in [0.05, 0.1) is 0 Å². The summed E-state index contributed by atoms with van der Waals surface area (Å²) in [6, 6.07) is -0.670. The van der Waals surface area contributed by atoms with Gasteiger partial charge in [-0.1, -0.05) is 6.08 Å². The molecular weight excluding hydrogens is 202 g/mol. The number of nitrogens with zero attached hydrogens (tertiary/aromatic N) is 1. The number of hydrogen-bond acceptors (Lipinski definition) is 3. The fourth-order valence-corrected chi connectivity index (χ4v) is 0.822. The molecule has 0 spiro atoms. The summed E-state index contributed by atoms with van der Waals surface area (Å²) < 4.78 is 0. The fourth-order valence-electron chi connectivity index (χ4n) is 0.822. The summed E-state index contributed by atoms with van der Waals surface area (Å²) in [5.41, 5.74) is 4.86. The SMILES string of the molecule is C=CCNC(=O)N(CC(N)=O)CC(=O)O. The van der Waals surface area contributed by atoms with Crippen molar-refractivity contribution in [1.29, 1.82) is 0 Å². The molecule has 3 amide bonds. The third kappa shape index (κ3) is 6.08. The van der Waals surface area contributed by atoms with E-state index in [4.69, 9.17) is 10.8 Å². The van der Waals surface area contributed by atoms with E-state index in [1.165, 1.54) is 6.08 Å². The van der Waals surface area contributed by atoms with Gasteiger partial charge in [0, 0.05) is 6.54 Å². The zero-order valence-corrected chi connectivity index (χ0v) is 8.10. The van der Waals surface area contributed by atoms with Gasteiger partial charge in [-0.05, 0) is 0 Å². The largest absolute Gasteiger partial charge is 0.480 e. The van der Waals surface area contributed by atoms with Crippen molar-refractivity contribution in [3.8, 4) is 0 Å². The van der Waals surface area contributed by atoms with Crippen LogP contribution in [0.2, 0.25) is 0 Å². The summed E-state index contributed by atoms with van der Waals surface area (Å²) in [6.07, 6.45) is 1.43. The first-order chi connectivity index (χ1) is 6.97. The van der Waals surface area contributed by atoms with Crippen molar-refractivity contribution >= 4 is 17.9 Å². The second-order valence-corrected chi connectivity index (χ2v) is 2.69. The van der Waals surface area contributed by atoms with Gasteiger partial charge >= 0.3 is 12.0 Å². The van der Waals surface area contributed by atoms with Crippen molar-refractivity contribution < 1.29 is 19.5 Å². The molecule has 0 saturated carbocycles. The Balaban J connectivity index is 4.32. The minimum Gasteiger partial charge on any atom is -0.480 e. The third-order valence-electron chi connectivity index (χ3n) is 1.36. The van der Waals surface area contributed by atoms with Crippen LogP contribution in [0.1, 0.15) is 0 Å². The molecular formula is C8H13N3O4. The average molecular weight is 215 g/mol. The lowest BCUT2D eigenvalue weighted by molar-refractivity contribution is -0.137. The van der Waals surface area contributed by atoms with Crippen LogP contribution in [0, 0.1) is 0 Å². The Morgan fingerprint density at radius 2 is 2.00 bits per heavy atom. The monoisotopic (exact) mass is 215 g/mol. The summed E-state index contributed by atoms with van der Waals surface area (Å²) in [7, 11) is 0. The van der Waals surface area contributed by atoms with Crippen LogP contribution < -0.4 is 11.1 Å². The van der Waals surface area contributed by atoms with Gasteiger partial charge in [-0.25, -0.2) is 4.79 Å². The smallest absolute Gasteiger partial charge is 0.323 e. The van der Waals surface area contributed by atoms with Gasteiger partial charge in [-0.3, -0.25) is 9.59 Å². The molecule has 0 fully saturated rings. The van der Waals surface area contributed by atoms with Crippen molar-refractivity contribution in [3.05, 3.63) is 12.7 Å². The molecule has 7 heteroatoms. The minimum absolute atomic E-state index is 0.188. The molecule has 0 aromatic heterocycles. The number of carboxylic acid groups (broad SMARTS) is 1. The van der Waals surface area contributed by atoms with Crippen LogP contribution >= 0.6 is 0 Å². The maximum absolute atomic E-state index is 11.3. The van der Waals surface area contributed by atoms with E-state index in [2.05, 4.69) is 11.9 Å². The van der Waals surface area contributed by atoms with E-state index in [1.807, 2.05) is 0 Å². The van der Waals surface area contributed by atoms with E-state index in [0.29, 0.717) is 0 Å². The number of urea groups is 1. The molecule has 0 aromatic carbocycles. The Bertz CT molecular complexity index is 261. The van der Waals surface area contributed by atoms with Gasteiger partial charge in [0.2, 0.25) is 5.91 Å².